The van der Waals surface area contributed by atoms with Gasteiger partial charge in [0.2, 0.25) is 5.91 Å². The summed E-state index contributed by atoms with van der Waals surface area (Å²) >= 11 is 0. The molecule has 3 aromatic rings. The summed E-state index contributed by atoms with van der Waals surface area (Å²) in [4.78, 5) is 15.4. The summed E-state index contributed by atoms with van der Waals surface area (Å²) in [6.45, 7) is 3.94. The number of carbonyl (C=O) groups is 1. The maximum Gasteiger partial charge on any atom is 0.234 e. The van der Waals surface area contributed by atoms with Crippen LogP contribution in [0.5, 0.6) is 28.7 Å². The SMILES string of the molecule is CCOc1ccccc1CNC(=O)CN1CCc2cc(OC)c(OC)cc2[C@@H]1Cc1ccc(OC)c(OC)c1. The van der Waals surface area contributed by atoms with Gasteiger partial charge in [0.25, 0.3) is 0 Å². The van der Waals surface area contributed by atoms with Crippen molar-refractivity contribution >= 4 is 5.91 Å². The number of hydrogen-bond acceptors (Lipinski definition) is 7. The monoisotopic (exact) mass is 534 g/mol. The van der Waals surface area contributed by atoms with Gasteiger partial charge in [-0.3, -0.25) is 9.69 Å². The molecule has 0 radical (unpaired) electrons. The minimum Gasteiger partial charge on any atom is -0.494 e. The molecule has 39 heavy (non-hydrogen) atoms. The molecule has 8 nitrogen and oxygen atoms in total. The van der Waals surface area contributed by atoms with Gasteiger partial charge in [-0.05, 0) is 66.8 Å². The molecule has 1 atom stereocenters. The molecule has 1 amide bonds. The first-order valence-corrected chi connectivity index (χ1v) is 13.2. The van der Waals surface area contributed by atoms with Gasteiger partial charge in [0, 0.05) is 24.7 Å². The van der Waals surface area contributed by atoms with Crippen LogP contribution in [0.3, 0.4) is 0 Å². The predicted octanol–water partition coefficient (Wildman–Crippen LogP) is 4.58. The lowest BCUT2D eigenvalue weighted by atomic mass is 9.88. The Labute approximate surface area is 230 Å². The highest BCUT2D eigenvalue weighted by atomic mass is 16.5. The highest BCUT2D eigenvalue weighted by molar-refractivity contribution is 5.78. The summed E-state index contributed by atoms with van der Waals surface area (Å²) < 4.78 is 27.9. The smallest absolute Gasteiger partial charge is 0.234 e. The molecule has 0 aromatic heterocycles. The number of methoxy groups -OCH3 is 4. The van der Waals surface area contributed by atoms with Gasteiger partial charge in [-0.1, -0.05) is 24.3 Å². The third-order valence-corrected chi connectivity index (χ3v) is 7.09. The van der Waals surface area contributed by atoms with Crippen LogP contribution in [-0.4, -0.2) is 58.9 Å². The number of ether oxygens (including phenoxy) is 5. The van der Waals surface area contributed by atoms with Crippen molar-refractivity contribution in [2.75, 3.05) is 48.1 Å². The molecule has 0 fully saturated rings. The van der Waals surface area contributed by atoms with Crippen LogP contribution >= 0.6 is 0 Å². The molecule has 1 heterocycles. The summed E-state index contributed by atoms with van der Waals surface area (Å²) in [5, 5.41) is 3.09. The van der Waals surface area contributed by atoms with Gasteiger partial charge in [-0.15, -0.1) is 0 Å². The molecular weight excluding hydrogens is 496 g/mol. The van der Waals surface area contributed by atoms with E-state index in [4.69, 9.17) is 23.7 Å². The number of carbonyl (C=O) groups excluding carboxylic acids is 1. The largest absolute Gasteiger partial charge is 0.494 e. The van der Waals surface area contributed by atoms with Crippen LogP contribution in [0.15, 0.2) is 54.6 Å². The number of benzene rings is 3. The van der Waals surface area contributed by atoms with Gasteiger partial charge in [0.15, 0.2) is 23.0 Å². The maximum atomic E-state index is 13.2. The van der Waals surface area contributed by atoms with Crippen LogP contribution in [0.1, 0.15) is 35.2 Å². The van der Waals surface area contributed by atoms with Crippen LogP contribution in [0.25, 0.3) is 0 Å². The molecule has 0 aliphatic carbocycles. The molecule has 0 spiro atoms. The van der Waals surface area contributed by atoms with Gasteiger partial charge in [0.1, 0.15) is 5.75 Å². The lowest BCUT2D eigenvalue weighted by Crippen LogP contribution is -2.43. The van der Waals surface area contributed by atoms with Gasteiger partial charge < -0.3 is 29.0 Å². The number of nitrogens with one attached hydrogen (secondary N) is 1. The summed E-state index contributed by atoms with van der Waals surface area (Å²) in [6.07, 6.45) is 1.49. The fourth-order valence-corrected chi connectivity index (χ4v) is 5.12. The Morgan fingerprint density at radius 3 is 2.28 bits per heavy atom. The van der Waals surface area contributed by atoms with Crippen LogP contribution in [-0.2, 0) is 24.2 Å². The van der Waals surface area contributed by atoms with E-state index in [1.165, 1.54) is 5.56 Å². The third kappa shape index (κ3) is 6.57. The Kier molecular flexibility index (Phi) is 9.54. The van der Waals surface area contributed by atoms with E-state index in [1.54, 1.807) is 28.4 Å². The zero-order valence-corrected chi connectivity index (χ0v) is 23.4. The van der Waals surface area contributed by atoms with E-state index >= 15 is 0 Å². The van der Waals surface area contributed by atoms with Crippen molar-refractivity contribution in [2.24, 2.45) is 0 Å². The summed E-state index contributed by atoms with van der Waals surface area (Å²) in [7, 11) is 6.55. The molecule has 4 rings (SSSR count). The zero-order chi connectivity index (χ0) is 27.8. The molecule has 1 aliphatic rings. The predicted molar refractivity (Wildman–Crippen MR) is 150 cm³/mol. The molecule has 3 aromatic carbocycles. The van der Waals surface area contributed by atoms with Crippen molar-refractivity contribution in [3.05, 3.63) is 76.9 Å². The topological polar surface area (TPSA) is 78.5 Å². The van der Waals surface area contributed by atoms with Crippen LogP contribution < -0.4 is 29.0 Å². The van der Waals surface area contributed by atoms with E-state index < -0.39 is 0 Å². The van der Waals surface area contributed by atoms with E-state index in [2.05, 4.69) is 16.3 Å². The van der Waals surface area contributed by atoms with Gasteiger partial charge in [-0.2, -0.15) is 0 Å². The van der Waals surface area contributed by atoms with Gasteiger partial charge in [-0.25, -0.2) is 0 Å². The van der Waals surface area contributed by atoms with E-state index in [0.29, 0.717) is 42.6 Å². The van der Waals surface area contributed by atoms with Crippen molar-refractivity contribution in [3.8, 4) is 28.7 Å². The van der Waals surface area contributed by atoms with Crippen LogP contribution in [0.2, 0.25) is 0 Å². The molecule has 208 valence electrons. The quantitative estimate of drug-likeness (QED) is 0.365. The normalized spacial score (nSPS) is 14.7. The molecule has 0 saturated heterocycles. The molecule has 1 N–H and O–H groups in total. The number of nitrogens with zero attached hydrogens (tertiary/aromatic N) is 1. The molecule has 1 aliphatic heterocycles. The highest BCUT2D eigenvalue weighted by Gasteiger charge is 2.31. The molecular formula is C31H38N2O6. The Bertz CT molecular complexity index is 1280. The first kappa shape index (κ1) is 28.1. The average molecular weight is 535 g/mol. The Morgan fingerprint density at radius 1 is 0.872 bits per heavy atom. The van der Waals surface area contributed by atoms with E-state index in [1.807, 2.05) is 55.5 Å². The standard InChI is InChI=1S/C31H38N2O6/c1-6-39-26-10-8-7-9-23(26)19-32-31(34)20-33-14-13-22-17-29(37-4)30(38-5)18-24(22)25(33)15-21-11-12-27(35-2)28(16-21)36-3/h7-12,16-18,25H,6,13-15,19-20H2,1-5H3,(H,32,34)/t25-/m0/s1. The highest BCUT2D eigenvalue weighted by Crippen LogP contribution is 2.40. The van der Waals surface area contributed by atoms with E-state index in [-0.39, 0.29) is 18.5 Å². The number of fused-ring (bicyclic) bond motifs is 1. The second-order valence-electron chi connectivity index (χ2n) is 9.35. The molecule has 0 bridgehead atoms. The minimum atomic E-state index is -0.0480. The molecule has 0 unspecified atom stereocenters. The van der Waals surface area contributed by atoms with Crippen LogP contribution in [0.4, 0.5) is 0 Å². The maximum absolute atomic E-state index is 13.2. The van der Waals surface area contributed by atoms with Gasteiger partial charge >= 0.3 is 0 Å². The fraction of sp³-hybridized carbons (Fsp3) is 0.387. The van der Waals surface area contributed by atoms with Crippen LogP contribution in [0, 0.1) is 0 Å². The van der Waals surface area contributed by atoms with Gasteiger partial charge in [0.05, 0.1) is 41.6 Å². The Hall–Kier alpha value is -3.91. The number of amides is 1. The van der Waals surface area contributed by atoms with E-state index in [9.17, 15) is 4.79 Å². The zero-order valence-electron chi connectivity index (χ0n) is 23.4. The van der Waals surface area contributed by atoms with Crippen molar-refractivity contribution in [3.63, 3.8) is 0 Å². The first-order chi connectivity index (χ1) is 19.0. The number of rotatable bonds is 12. The molecule has 8 heteroatoms. The van der Waals surface area contributed by atoms with Crippen molar-refractivity contribution < 1.29 is 28.5 Å². The Morgan fingerprint density at radius 2 is 1.56 bits per heavy atom. The number of para-hydroxylation sites is 1. The van der Waals surface area contributed by atoms with Crippen molar-refractivity contribution in [1.82, 2.24) is 10.2 Å². The lowest BCUT2D eigenvalue weighted by Gasteiger charge is -2.37. The third-order valence-electron chi connectivity index (χ3n) is 7.09. The summed E-state index contributed by atoms with van der Waals surface area (Å²) in [5.74, 6) is 3.49. The second kappa shape index (κ2) is 13.2. The summed E-state index contributed by atoms with van der Waals surface area (Å²) in [6, 6.07) is 17.8. The van der Waals surface area contributed by atoms with E-state index in [0.717, 1.165) is 35.4 Å². The van der Waals surface area contributed by atoms with Crippen molar-refractivity contribution in [2.45, 2.75) is 32.4 Å². The second-order valence-corrected chi connectivity index (χ2v) is 9.35. The fourth-order valence-electron chi connectivity index (χ4n) is 5.12. The summed E-state index contributed by atoms with van der Waals surface area (Å²) in [5.41, 5.74) is 4.36. The Balaban J connectivity index is 1.59. The molecule has 0 saturated carbocycles. The average Bonchev–Trinajstić information content (AvgIpc) is 2.97. The lowest BCUT2D eigenvalue weighted by molar-refractivity contribution is -0.123. The minimum absolute atomic E-state index is 0.0393. The number of hydrogen-bond donors (Lipinski definition) is 1. The van der Waals surface area contributed by atoms with Crippen molar-refractivity contribution in [1.29, 1.82) is 0 Å². The first-order valence-electron chi connectivity index (χ1n) is 13.2.